The monoisotopic (exact) mass is 249 g/mol. The van der Waals surface area contributed by atoms with Crippen molar-refractivity contribution >= 4 is 40.7 Å². The Kier molecular flexibility index (Phi) is 3.02. The Morgan fingerprint density at radius 1 is 1.64 bits per heavy atom. The van der Waals surface area contributed by atoms with Crippen LogP contribution in [-0.4, -0.2) is 22.9 Å². The lowest BCUT2D eigenvalue weighted by Gasteiger charge is -2.07. The average Bonchev–Trinajstić information content (AvgIpc) is 2.70. The highest BCUT2D eigenvalue weighted by Crippen LogP contribution is 2.37. The zero-order chi connectivity index (χ0) is 10.1. The number of carboxylic acids is 1. The average molecular weight is 250 g/mol. The second-order valence-corrected chi connectivity index (χ2v) is 5.80. The summed E-state index contributed by atoms with van der Waals surface area (Å²) in [5, 5.41) is 11.9. The molecule has 1 fully saturated rings. The third-order valence-electron chi connectivity index (χ3n) is 1.93. The summed E-state index contributed by atoms with van der Waals surface area (Å²) in [6.45, 7) is 0. The van der Waals surface area contributed by atoms with E-state index in [-0.39, 0.29) is 5.37 Å². The highest BCUT2D eigenvalue weighted by Gasteiger charge is 2.30. The maximum Gasteiger partial charge on any atom is 0.321 e. The number of rotatable bonds is 2. The largest absolute Gasteiger partial charge is 0.480 e. The summed E-state index contributed by atoms with van der Waals surface area (Å²) in [7, 11) is 0. The number of hydrogen-bond acceptors (Lipinski definition) is 4. The van der Waals surface area contributed by atoms with E-state index in [1.54, 1.807) is 11.8 Å². The standard InChI is InChI=1S/C8H8ClNO2S2/c9-6-2-1-5(14-6)7-10-4(3-13-7)8(11)12/h1-2,4,7,10H,3H2,(H,11,12)/t4-,7+/m0/s1. The molecule has 1 aliphatic heterocycles. The van der Waals surface area contributed by atoms with E-state index in [2.05, 4.69) is 5.32 Å². The molecule has 1 aliphatic rings. The Morgan fingerprint density at radius 3 is 2.93 bits per heavy atom. The molecule has 0 amide bonds. The van der Waals surface area contributed by atoms with Crippen LogP contribution in [0.5, 0.6) is 0 Å². The van der Waals surface area contributed by atoms with Crippen molar-refractivity contribution in [2.45, 2.75) is 11.4 Å². The van der Waals surface area contributed by atoms with Crippen LogP contribution in [-0.2, 0) is 4.79 Å². The molecule has 0 aliphatic carbocycles. The van der Waals surface area contributed by atoms with E-state index in [1.165, 1.54) is 11.3 Å². The van der Waals surface area contributed by atoms with Gasteiger partial charge in [0.25, 0.3) is 0 Å². The summed E-state index contributed by atoms with van der Waals surface area (Å²) in [5.74, 6) is -0.183. The fourth-order valence-corrected chi connectivity index (χ4v) is 3.73. The second-order valence-electron chi connectivity index (χ2n) is 2.91. The zero-order valence-electron chi connectivity index (χ0n) is 7.07. The molecule has 2 atom stereocenters. The predicted octanol–water partition coefficient (Wildman–Crippen LogP) is 2.19. The molecule has 2 rings (SSSR count). The highest BCUT2D eigenvalue weighted by molar-refractivity contribution is 7.99. The molecule has 0 unspecified atom stereocenters. The van der Waals surface area contributed by atoms with Crippen molar-refractivity contribution < 1.29 is 9.90 Å². The quantitative estimate of drug-likeness (QED) is 0.844. The number of thioether (sulfide) groups is 1. The minimum atomic E-state index is -0.789. The summed E-state index contributed by atoms with van der Waals surface area (Å²) in [5.41, 5.74) is 0. The van der Waals surface area contributed by atoms with Crippen LogP contribution < -0.4 is 5.32 Å². The van der Waals surface area contributed by atoms with Crippen molar-refractivity contribution in [3.63, 3.8) is 0 Å². The first-order valence-electron chi connectivity index (χ1n) is 4.02. The Morgan fingerprint density at radius 2 is 2.43 bits per heavy atom. The van der Waals surface area contributed by atoms with Crippen LogP contribution >= 0.6 is 34.7 Å². The van der Waals surface area contributed by atoms with Gasteiger partial charge in [0.15, 0.2) is 0 Å². The Hall–Kier alpha value is -0.230. The molecular formula is C8H8ClNO2S2. The van der Waals surface area contributed by atoms with Crippen molar-refractivity contribution in [1.82, 2.24) is 5.32 Å². The van der Waals surface area contributed by atoms with Crippen LogP contribution in [0.1, 0.15) is 10.3 Å². The lowest BCUT2D eigenvalue weighted by Crippen LogP contribution is -2.33. The molecule has 2 heterocycles. The summed E-state index contributed by atoms with van der Waals surface area (Å²) in [6.07, 6.45) is 0. The van der Waals surface area contributed by atoms with Gasteiger partial charge in [-0.3, -0.25) is 10.1 Å². The van der Waals surface area contributed by atoms with E-state index in [0.29, 0.717) is 5.75 Å². The number of aliphatic carboxylic acids is 1. The molecular weight excluding hydrogens is 242 g/mol. The maximum atomic E-state index is 10.7. The van der Waals surface area contributed by atoms with E-state index >= 15 is 0 Å². The van der Waals surface area contributed by atoms with Gasteiger partial charge >= 0.3 is 5.97 Å². The summed E-state index contributed by atoms with van der Waals surface area (Å²) in [6, 6.07) is 3.32. The fraction of sp³-hybridized carbons (Fsp3) is 0.375. The highest BCUT2D eigenvalue weighted by atomic mass is 35.5. The second kappa shape index (κ2) is 4.10. The van der Waals surface area contributed by atoms with Gasteiger partial charge < -0.3 is 5.11 Å². The van der Waals surface area contributed by atoms with E-state index in [0.717, 1.165) is 9.21 Å². The van der Waals surface area contributed by atoms with Gasteiger partial charge in [-0.05, 0) is 12.1 Å². The number of thiophene rings is 1. The molecule has 6 heteroatoms. The smallest absolute Gasteiger partial charge is 0.321 e. The van der Waals surface area contributed by atoms with Crippen molar-refractivity contribution in [2.75, 3.05) is 5.75 Å². The number of nitrogens with one attached hydrogen (secondary N) is 1. The van der Waals surface area contributed by atoms with Crippen LogP contribution in [0.2, 0.25) is 4.34 Å². The molecule has 3 nitrogen and oxygen atoms in total. The first kappa shape index (κ1) is 10.3. The van der Waals surface area contributed by atoms with Crippen LogP contribution in [0.4, 0.5) is 0 Å². The number of carboxylic acid groups (broad SMARTS) is 1. The van der Waals surface area contributed by atoms with Gasteiger partial charge in [0.05, 0.1) is 9.71 Å². The van der Waals surface area contributed by atoms with Crippen molar-refractivity contribution in [3.05, 3.63) is 21.3 Å². The van der Waals surface area contributed by atoms with Gasteiger partial charge in [-0.25, -0.2) is 0 Å². The Bertz CT molecular complexity index is 355. The molecule has 14 heavy (non-hydrogen) atoms. The van der Waals surface area contributed by atoms with Crippen LogP contribution in [0.15, 0.2) is 12.1 Å². The van der Waals surface area contributed by atoms with Crippen LogP contribution in [0.3, 0.4) is 0 Å². The molecule has 2 N–H and O–H groups in total. The van der Waals surface area contributed by atoms with Gasteiger partial charge in [0.1, 0.15) is 6.04 Å². The van der Waals surface area contributed by atoms with Gasteiger partial charge in [-0.15, -0.1) is 23.1 Å². The van der Waals surface area contributed by atoms with Gasteiger partial charge in [0.2, 0.25) is 0 Å². The predicted molar refractivity (Wildman–Crippen MR) is 59.1 cm³/mol. The molecule has 0 radical (unpaired) electrons. The van der Waals surface area contributed by atoms with Gasteiger partial charge in [-0.2, -0.15) is 0 Å². The first-order valence-corrected chi connectivity index (χ1v) is 6.27. The third-order valence-corrected chi connectivity index (χ3v) is 4.63. The maximum absolute atomic E-state index is 10.7. The van der Waals surface area contributed by atoms with Crippen molar-refractivity contribution in [1.29, 1.82) is 0 Å². The normalized spacial score (nSPS) is 26.6. The van der Waals surface area contributed by atoms with E-state index in [9.17, 15) is 4.79 Å². The Balaban J connectivity index is 2.05. The summed E-state index contributed by atoms with van der Waals surface area (Å²) in [4.78, 5) is 11.8. The minimum Gasteiger partial charge on any atom is -0.480 e. The molecule has 76 valence electrons. The minimum absolute atomic E-state index is 0.0774. The molecule has 1 aromatic heterocycles. The van der Waals surface area contributed by atoms with E-state index < -0.39 is 12.0 Å². The summed E-state index contributed by atoms with van der Waals surface area (Å²) >= 11 is 8.90. The third kappa shape index (κ3) is 2.06. The Labute approximate surface area is 94.5 Å². The number of hydrogen-bond donors (Lipinski definition) is 2. The SMILES string of the molecule is O=C(O)[C@@H]1CS[C@H](c2ccc(Cl)s2)N1. The molecule has 1 aromatic rings. The fourth-order valence-electron chi connectivity index (χ4n) is 1.25. The van der Waals surface area contributed by atoms with Gasteiger partial charge in [-0.1, -0.05) is 11.6 Å². The molecule has 0 bridgehead atoms. The zero-order valence-corrected chi connectivity index (χ0v) is 9.46. The van der Waals surface area contributed by atoms with Crippen molar-refractivity contribution in [2.24, 2.45) is 0 Å². The molecule has 1 saturated heterocycles. The van der Waals surface area contributed by atoms with E-state index in [4.69, 9.17) is 16.7 Å². The van der Waals surface area contributed by atoms with Crippen LogP contribution in [0, 0.1) is 0 Å². The number of halogens is 1. The number of carbonyl (C=O) groups is 1. The van der Waals surface area contributed by atoms with E-state index in [1.807, 2.05) is 12.1 Å². The topological polar surface area (TPSA) is 49.3 Å². The first-order chi connectivity index (χ1) is 6.66. The van der Waals surface area contributed by atoms with Crippen LogP contribution in [0.25, 0.3) is 0 Å². The molecule has 0 spiro atoms. The molecule has 0 saturated carbocycles. The van der Waals surface area contributed by atoms with Crippen molar-refractivity contribution in [3.8, 4) is 0 Å². The summed E-state index contributed by atoms with van der Waals surface area (Å²) < 4.78 is 0.737. The lowest BCUT2D eigenvalue weighted by atomic mass is 10.3. The lowest BCUT2D eigenvalue weighted by molar-refractivity contribution is -0.138. The van der Waals surface area contributed by atoms with Gasteiger partial charge in [0, 0.05) is 10.6 Å². The molecule has 0 aromatic carbocycles.